The molecule has 2 atom stereocenters. The lowest BCUT2D eigenvalue weighted by atomic mass is 10.0. The van der Waals surface area contributed by atoms with E-state index in [1.807, 2.05) is 14.0 Å². The summed E-state index contributed by atoms with van der Waals surface area (Å²) < 4.78 is 27.0. The predicted octanol–water partition coefficient (Wildman–Crippen LogP) is 2.38. The maximum Gasteiger partial charge on any atom is 0.293 e. The minimum atomic E-state index is -3.73. The zero-order valence-electron chi connectivity index (χ0n) is 15.8. The summed E-state index contributed by atoms with van der Waals surface area (Å²) in [6.45, 7) is 8.15. The van der Waals surface area contributed by atoms with E-state index in [1.165, 1.54) is 22.5 Å². The number of nitro groups is 1. The summed E-state index contributed by atoms with van der Waals surface area (Å²) in [7, 11) is -1.80. The van der Waals surface area contributed by atoms with Crippen molar-refractivity contribution in [2.24, 2.45) is 5.92 Å². The van der Waals surface area contributed by atoms with E-state index in [1.54, 1.807) is 0 Å². The highest BCUT2D eigenvalue weighted by atomic mass is 32.2. The molecule has 2 unspecified atom stereocenters. The predicted molar refractivity (Wildman–Crippen MR) is 102 cm³/mol. The molecule has 1 aliphatic heterocycles. The molecule has 0 amide bonds. The van der Waals surface area contributed by atoms with Crippen LogP contribution in [0.4, 0.5) is 11.4 Å². The molecule has 1 aromatic rings. The van der Waals surface area contributed by atoms with Crippen molar-refractivity contribution >= 4 is 21.4 Å². The number of likely N-dealkylation sites (N-methyl/N-ethyl adjacent to an activating group) is 1. The average molecular weight is 385 g/mol. The van der Waals surface area contributed by atoms with Crippen LogP contribution in [-0.2, 0) is 10.0 Å². The molecule has 0 aliphatic carbocycles. The van der Waals surface area contributed by atoms with Crippen LogP contribution < -0.4 is 5.32 Å². The van der Waals surface area contributed by atoms with E-state index in [0.29, 0.717) is 37.8 Å². The number of benzene rings is 1. The third-order valence-electron chi connectivity index (χ3n) is 5.15. The molecule has 2 rings (SSSR count). The second kappa shape index (κ2) is 8.32. The van der Waals surface area contributed by atoms with Gasteiger partial charge in [0.1, 0.15) is 5.69 Å². The molecule has 1 N–H and O–H groups in total. The lowest BCUT2D eigenvalue weighted by Gasteiger charge is -2.31. The van der Waals surface area contributed by atoms with Gasteiger partial charge in [-0.1, -0.05) is 20.3 Å². The monoisotopic (exact) mass is 384 g/mol. The van der Waals surface area contributed by atoms with E-state index in [-0.39, 0.29) is 16.6 Å². The number of hydrogen-bond donors (Lipinski definition) is 1. The van der Waals surface area contributed by atoms with Gasteiger partial charge in [0.2, 0.25) is 10.0 Å². The Balaban J connectivity index is 2.31. The Bertz CT molecular complexity index is 745. The second-order valence-electron chi connectivity index (χ2n) is 6.96. The SMILES string of the molecule is CCC(C)C(C)Nc1ccc(S(=O)(=O)N2CCN(C)CC2)cc1[N+](=O)[O-]. The number of hydrogen-bond acceptors (Lipinski definition) is 6. The first kappa shape index (κ1) is 20.6. The average Bonchev–Trinajstić information content (AvgIpc) is 2.61. The Morgan fingerprint density at radius 3 is 2.38 bits per heavy atom. The van der Waals surface area contributed by atoms with E-state index >= 15 is 0 Å². The molecule has 26 heavy (non-hydrogen) atoms. The fourth-order valence-corrected chi connectivity index (χ4v) is 4.31. The van der Waals surface area contributed by atoms with Crippen LogP contribution in [0.5, 0.6) is 0 Å². The molecular formula is C17H28N4O4S. The van der Waals surface area contributed by atoms with Crippen molar-refractivity contribution in [2.45, 2.75) is 38.1 Å². The minimum absolute atomic E-state index is 0.0319. The fraction of sp³-hybridized carbons (Fsp3) is 0.647. The molecular weight excluding hydrogens is 356 g/mol. The molecule has 0 bridgehead atoms. The van der Waals surface area contributed by atoms with Crippen molar-refractivity contribution in [2.75, 3.05) is 38.5 Å². The minimum Gasteiger partial charge on any atom is -0.377 e. The zero-order valence-corrected chi connectivity index (χ0v) is 16.6. The quantitative estimate of drug-likeness (QED) is 0.573. The molecule has 146 valence electrons. The number of nitrogens with one attached hydrogen (secondary N) is 1. The van der Waals surface area contributed by atoms with Crippen molar-refractivity contribution < 1.29 is 13.3 Å². The van der Waals surface area contributed by atoms with E-state index in [0.717, 1.165) is 6.42 Å². The summed E-state index contributed by atoms with van der Waals surface area (Å²) in [6.07, 6.45) is 0.942. The van der Waals surface area contributed by atoms with E-state index < -0.39 is 14.9 Å². The van der Waals surface area contributed by atoms with Gasteiger partial charge in [-0.15, -0.1) is 0 Å². The first-order valence-corrected chi connectivity index (χ1v) is 10.3. The van der Waals surface area contributed by atoms with Crippen LogP contribution >= 0.6 is 0 Å². The normalized spacial score (nSPS) is 19.1. The topological polar surface area (TPSA) is 95.8 Å². The third-order valence-corrected chi connectivity index (χ3v) is 7.04. The van der Waals surface area contributed by atoms with Crippen LogP contribution in [0.1, 0.15) is 27.2 Å². The number of rotatable bonds is 7. The van der Waals surface area contributed by atoms with Crippen LogP contribution in [0.2, 0.25) is 0 Å². The van der Waals surface area contributed by atoms with Gasteiger partial charge in [0.25, 0.3) is 5.69 Å². The van der Waals surface area contributed by atoms with Crippen LogP contribution in [0, 0.1) is 16.0 Å². The lowest BCUT2D eigenvalue weighted by molar-refractivity contribution is -0.384. The summed E-state index contributed by atoms with van der Waals surface area (Å²) in [5.41, 5.74) is 0.135. The molecule has 1 saturated heterocycles. The van der Waals surface area contributed by atoms with Gasteiger partial charge in [-0.05, 0) is 32.0 Å². The number of nitro benzene ring substituents is 1. The summed E-state index contributed by atoms with van der Waals surface area (Å²) >= 11 is 0. The summed E-state index contributed by atoms with van der Waals surface area (Å²) in [6, 6.07) is 4.16. The highest BCUT2D eigenvalue weighted by molar-refractivity contribution is 7.89. The van der Waals surface area contributed by atoms with Crippen LogP contribution in [0.15, 0.2) is 23.1 Å². The Morgan fingerprint density at radius 2 is 1.85 bits per heavy atom. The van der Waals surface area contributed by atoms with Gasteiger partial charge in [-0.3, -0.25) is 10.1 Å². The van der Waals surface area contributed by atoms with Gasteiger partial charge < -0.3 is 10.2 Å². The Morgan fingerprint density at radius 1 is 1.23 bits per heavy atom. The van der Waals surface area contributed by atoms with Crippen molar-refractivity contribution in [3.05, 3.63) is 28.3 Å². The Kier molecular flexibility index (Phi) is 6.59. The second-order valence-corrected chi connectivity index (χ2v) is 8.90. The van der Waals surface area contributed by atoms with Gasteiger partial charge in [0.05, 0.1) is 9.82 Å². The lowest BCUT2D eigenvalue weighted by Crippen LogP contribution is -2.47. The van der Waals surface area contributed by atoms with Crippen LogP contribution in [-0.4, -0.2) is 61.8 Å². The summed E-state index contributed by atoms with van der Waals surface area (Å²) in [4.78, 5) is 13.0. The van der Waals surface area contributed by atoms with Gasteiger partial charge >= 0.3 is 0 Å². The molecule has 0 saturated carbocycles. The third kappa shape index (κ3) is 4.52. The Labute approximate surface area is 155 Å². The maximum absolute atomic E-state index is 12.8. The highest BCUT2D eigenvalue weighted by Crippen LogP contribution is 2.30. The smallest absolute Gasteiger partial charge is 0.293 e. The van der Waals surface area contributed by atoms with Crippen molar-refractivity contribution in [1.82, 2.24) is 9.21 Å². The van der Waals surface area contributed by atoms with Crippen molar-refractivity contribution in [3.8, 4) is 0 Å². The van der Waals surface area contributed by atoms with Gasteiger partial charge in [-0.25, -0.2) is 8.42 Å². The zero-order chi connectivity index (χ0) is 19.5. The van der Waals surface area contributed by atoms with Gasteiger partial charge in [0, 0.05) is 38.3 Å². The number of anilines is 1. The number of piperazine rings is 1. The van der Waals surface area contributed by atoms with Crippen LogP contribution in [0.25, 0.3) is 0 Å². The summed E-state index contributed by atoms with van der Waals surface area (Å²) in [5.74, 6) is 0.336. The molecule has 1 aromatic carbocycles. The molecule has 9 heteroatoms. The van der Waals surface area contributed by atoms with E-state index in [2.05, 4.69) is 24.1 Å². The Hall–Kier alpha value is -1.71. The largest absolute Gasteiger partial charge is 0.377 e. The molecule has 1 heterocycles. The summed E-state index contributed by atoms with van der Waals surface area (Å²) in [5, 5.41) is 14.6. The molecule has 1 fully saturated rings. The standard InChI is InChI=1S/C17H28N4O4S/c1-5-13(2)14(3)18-16-7-6-15(12-17(16)21(22)23)26(24,25)20-10-8-19(4)9-11-20/h6-7,12-14,18H,5,8-11H2,1-4H3. The van der Waals surface area contributed by atoms with E-state index in [4.69, 9.17) is 0 Å². The molecule has 0 spiro atoms. The van der Waals surface area contributed by atoms with Crippen LogP contribution in [0.3, 0.4) is 0 Å². The molecule has 0 radical (unpaired) electrons. The fourth-order valence-electron chi connectivity index (χ4n) is 2.86. The first-order valence-electron chi connectivity index (χ1n) is 8.90. The maximum atomic E-state index is 12.8. The molecule has 0 aromatic heterocycles. The number of nitrogens with zero attached hydrogens (tertiary/aromatic N) is 3. The van der Waals surface area contributed by atoms with Gasteiger partial charge in [-0.2, -0.15) is 4.31 Å². The van der Waals surface area contributed by atoms with Gasteiger partial charge in [0.15, 0.2) is 0 Å². The molecule has 8 nitrogen and oxygen atoms in total. The van der Waals surface area contributed by atoms with Crippen molar-refractivity contribution in [1.29, 1.82) is 0 Å². The van der Waals surface area contributed by atoms with E-state index in [9.17, 15) is 18.5 Å². The number of sulfonamides is 1. The first-order chi connectivity index (χ1) is 12.2. The van der Waals surface area contributed by atoms with Crippen molar-refractivity contribution in [3.63, 3.8) is 0 Å². The highest BCUT2D eigenvalue weighted by Gasteiger charge is 2.30. The molecule has 1 aliphatic rings.